The maximum absolute atomic E-state index is 12.4. The van der Waals surface area contributed by atoms with Crippen LogP contribution in [0, 0.1) is 0 Å². The van der Waals surface area contributed by atoms with Gasteiger partial charge in [-0.1, -0.05) is 0 Å². The summed E-state index contributed by atoms with van der Waals surface area (Å²) >= 11 is 0. The number of hydrogen-bond acceptors (Lipinski definition) is 3. The first-order valence-corrected chi connectivity index (χ1v) is 7.09. The number of aromatic nitrogens is 2. The number of rotatable bonds is 4. The number of hydrogen-bond donors (Lipinski definition) is 2. The van der Waals surface area contributed by atoms with Crippen LogP contribution in [0.15, 0.2) is 17.4 Å². The lowest BCUT2D eigenvalue weighted by atomic mass is 10.3. The van der Waals surface area contributed by atoms with E-state index < -0.39 is 12.7 Å². The van der Waals surface area contributed by atoms with Crippen LogP contribution in [-0.2, 0) is 13.6 Å². The lowest BCUT2D eigenvalue weighted by molar-refractivity contribution is -0.143. The average Bonchev–Trinajstić information content (AvgIpc) is 3.02. The van der Waals surface area contributed by atoms with Crippen molar-refractivity contribution < 1.29 is 13.2 Å². The molecule has 0 aliphatic carbocycles. The van der Waals surface area contributed by atoms with E-state index in [2.05, 4.69) is 20.7 Å². The molecule has 1 aliphatic rings. The van der Waals surface area contributed by atoms with E-state index in [0.717, 1.165) is 5.56 Å². The van der Waals surface area contributed by atoms with Crippen LogP contribution in [-0.4, -0.2) is 59.5 Å². The summed E-state index contributed by atoms with van der Waals surface area (Å²) in [6.07, 6.45) is 0.167. The van der Waals surface area contributed by atoms with E-state index in [4.69, 9.17) is 0 Å². The summed E-state index contributed by atoms with van der Waals surface area (Å²) in [5.74, 6) is 0.586. The number of nitrogens with one attached hydrogen (secondary N) is 2. The Bertz CT molecular complexity index is 510. The second-order valence-electron chi connectivity index (χ2n) is 5.43. The molecular formula is C13H21F3N6. The number of nitrogens with zero attached hydrogens (tertiary/aromatic N) is 4. The highest BCUT2D eigenvalue weighted by molar-refractivity contribution is 5.80. The Kier molecular flexibility index (Phi) is 5.28. The smallest absolute Gasteiger partial charge is 0.352 e. The topological polar surface area (TPSA) is 57.5 Å². The van der Waals surface area contributed by atoms with Crippen molar-refractivity contribution in [2.75, 3.05) is 26.7 Å². The fourth-order valence-electron chi connectivity index (χ4n) is 2.48. The van der Waals surface area contributed by atoms with Crippen LogP contribution in [0.25, 0.3) is 0 Å². The van der Waals surface area contributed by atoms with Crippen molar-refractivity contribution in [2.24, 2.45) is 12.0 Å². The molecule has 0 spiro atoms. The van der Waals surface area contributed by atoms with E-state index in [1.807, 2.05) is 13.2 Å². The molecule has 124 valence electrons. The Labute approximate surface area is 127 Å². The van der Waals surface area contributed by atoms with Gasteiger partial charge in [-0.15, -0.1) is 0 Å². The summed E-state index contributed by atoms with van der Waals surface area (Å²) < 4.78 is 38.8. The van der Waals surface area contributed by atoms with Crippen LogP contribution in [0.1, 0.15) is 12.0 Å². The van der Waals surface area contributed by atoms with Gasteiger partial charge in [-0.25, -0.2) is 0 Å². The van der Waals surface area contributed by atoms with Gasteiger partial charge in [-0.3, -0.25) is 14.6 Å². The highest BCUT2D eigenvalue weighted by Gasteiger charge is 2.34. The van der Waals surface area contributed by atoms with Crippen LogP contribution in [0.2, 0.25) is 0 Å². The molecule has 1 aromatic rings. The number of guanidine groups is 1. The van der Waals surface area contributed by atoms with Gasteiger partial charge >= 0.3 is 6.18 Å². The zero-order valence-electron chi connectivity index (χ0n) is 12.7. The molecule has 0 aromatic carbocycles. The maximum Gasteiger partial charge on any atom is 0.401 e. The van der Waals surface area contributed by atoms with Crippen molar-refractivity contribution in [3.63, 3.8) is 0 Å². The minimum absolute atomic E-state index is 0.0255. The quantitative estimate of drug-likeness (QED) is 0.634. The van der Waals surface area contributed by atoms with Gasteiger partial charge in [-0.2, -0.15) is 18.3 Å². The predicted octanol–water partition coefficient (Wildman–Crippen LogP) is 0.722. The molecule has 2 N–H and O–H groups in total. The average molecular weight is 318 g/mol. The molecule has 9 heteroatoms. The van der Waals surface area contributed by atoms with E-state index in [1.165, 1.54) is 4.90 Å². The van der Waals surface area contributed by atoms with Crippen molar-refractivity contribution in [3.8, 4) is 0 Å². The Morgan fingerprint density at radius 2 is 2.27 bits per heavy atom. The Morgan fingerprint density at radius 1 is 1.50 bits per heavy atom. The van der Waals surface area contributed by atoms with Gasteiger partial charge in [0.05, 0.1) is 12.7 Å². The van der Waals surface area contributed by atoms with E-state index in [0.29, 0.717) is 32.0 Å². The summed E-state index contributed by atoms with van der Waals surface area (Å²) in [6.45, 7) is 0.517. The molecule has 0 bridgehead atoms. The van der Waals surface area contributed by atoms with Crippen LogP contribution in [0.4, 0.5) is 13.2 Å². The summed E-state index contributed by atoms with van der Waals surface area (Å²) in [5.41, 5.74) is 1.01. The lowest BCUT2D eigenvalue weighted by Crippen LogP contribution is -2.44. The zero-order valence-corrected chi connectivity index (χ0v) is 12.7. The van der Waals surface area contributed by atoms with E-state index in [1.54, 1.807) is 17.9 Å². The van der Waals surface area contributed by atoms with Gasteiger partial charge < -0.3 is 10.6 Å². The number of halogens is 3. The minimum atomic E-state index is -4.14. The predicted molar refractivity (Wildman–Crippen MR) is 77.4 cm³/mol. The van der Waals surface area contributed by atoms with Gasteiger partial charge in [-0.05, 0) is 6.42 Å². The van der Waals surface area contributed by atoms with Crippen LogP contribution >= 0.6 is 0 Å². The standard InChI is InChI=1S/C13H21F3N6/c1-17-12(18-5-10-6-19-21(2)7-10)20-11-3-4-22(8-11)9-13(14,15)16/h6-7,11H,3-5,8-9H2,1-2H3,(H2,17,18,20). The summed E-state index contributed by atoms with van der Waals surface area (Å²) in [4.78, 5) is 5.51. The first kappa shape index (κ1) is 16.6. The molecule has 1 unspecified atom stereocenters. The Balaban J connectivity index is 1.77. The normalized spacial score (nSPS) is 20.4. The third kappa shape index (κ3) is 5.21. The molecule has 1 saturated heterocycles. The molecule has 1 atom stereocenters. The van der Waals surface area contributed by atoms with Crippen LogP contribution < -0.4 is 10.6 Å². The molecular weight excluding hydrogens is 297 g/mol. The number of likely N-dealkylation sites (tertiary alicyclic amines) is 1. The first-order valence-electron chi connectivity index (χ1n) is 7.09. The van der Waals surface area contributed by atoms with Gasteiger partial charge in [0, 0.05) is 51.5 Å². The maximum atomic E-state index is 12.4. The molecule has 1 aliphatic heterocycles. The van der Waals surface area contributed by atoms with Crippen molar-refractivity contribution >= 4 is 5.96 Å². The van der Waals surface area contributed by atoms with Crippen LogP contribution in [0.5, 0.6) is 0 Å². The van der Waals surface area contributed by atoms with Gasteiger partial charge in [0.1, 0.15) is 0 Å². The molecule has 2 rings (SSSR count). The van der Waals surface area contributed by atoms with Crippen molar-refractivity contribution in [1.82, 2.24) is 25.3 Å². The fraction of sp³-hybridized carbons (Fsp3) is 0.692. The highest BCUT2D eigenvalue weighted by Crippen LogP contribution is 2.19. The Hall–Kier alpha value is -1.77. The number of aliphatic imine (C=N–C) groups is 1. The van der Waals surface area contributed by atoms with E-state index in [-0.39, 0.29) is 6.04 Å². The summed E-state index contributed by atoms with van der Waals surface area (Å²) in [7, 11) is 3.48. The monoisotopic (exact) mass is 318 g/mol. The van der Waals surface area contributed by atoms with Crippen molar-refractivity contribution in [1.29, 1.82) is 0 Å². The van der Waals surface area contributed by atoms with Gasteiger partial charge in [0.15, 0.2) is 5.96 Å². The SMILES string of the molecule is CN=C(NCc1cnn(C)c1)NC1CCN(CC(F)(F)F)C1. The number of alkyl halides is 3. The highest BCUT2D eigenvalue weighted by atomic mass is 19.4. The molecule has 0 saturated carbocycles. The Morgan fingerprint density at radius 3 is 2.86 bits per heavy atom. The zero-order chi connectivity index (χ0) is 16.2. The number of aryl methyl sites for hydroxylation is 1. The third-order valence-corrected chi connectivity index (χ3v) is 3.46. The van der Waals surface area contributed by atoms with Gasteiger partial charge in [0.25, 0.3) is 0 Å². The van der Waals surface area contributed by atoms with Crippen molar-refractivity contribution in [2.45, 2.75) is 25.2 Å². The summed E-state index contributed by atoms with van der Waals surface area (Å²) in [5, 5.41) is 10.4. The molecule has 0 radical (unpaired) electrons. The molecule has 2 heterocycles. The molecule has 22 heavy (non-hydrogen) atoms. The minimum Gasteiger partial charge on any atom is -0.352 e. The molecule has 1 fully saturated rings. The summed E-state index contributed by atoms with van der Waals surface area (Å²) in [6, 6.07) is -0.0255. The molecule has 1 aromatic heterocycles. The second kappa shape index (κ2) is 6.99. The largest absolute Gasteiger partial charge is 0.401 e. The van der Waals surface area contributed by atoms with E-state index in [9.17, 15) is 13.2 Å². The first-order chi connectivity index (χ1) is 10.4. The molecule has 0 amide bonds. The fourth-order valence-corrected chi connectivity index (χ4v) is 2.48. The second-order valence-corrected chi connectivity index (χ2v) is 5.43. The van der Waals surface area contributed by atoms with Crippen molar-refractivity contribution in [3.05, 3.63) is 18.0 Å². The molecule has 6 nitrogen and oxygen atoms in total. The van der Waals surface area contributed by atoms with E-state index >= 15 is 0 Å². The van der Waals surface area contributed by atoms with Crippen LogP contribution in [0.3, 0.4) is 0 Å². The third-order valence-electron chi connectivity index (χ3n) is 3.46. The van der Waals surface area contributed by atoms with Gasteiger partial charge in [0.2, 0.25) is 0 Å². The lowest BCUT2D eigenvalue weighted by Gasteiger charge is -2.19.